The van der Waals surface area contributed by atoms with E-state index in [2.05, 4.69) is 9.97 Å². The Balaban J connectivity index is 1.82. The monoisotopic (exact) mass is 518 g/mol. The lowest BCUT2D eigenvalue weighted by Crippen LogP contribution is -2.51. The molecule has 0 aliphatic heterocycles. The van der Waals surface area contributed by atoms with Gasteiger partial charge in [0.15, 0.2) is 5.60 Å². The van der Waals surface area contributed by atoms with Gasteiger partial charge in [0.2, 0.25) is 12.0 Å². The van der Waals surface area contributed by atoms with Crippen molar-refractivity contribution < 1.29 is 24.1 Å². The molecule has 3 aromatic carbocycles. The molecule has 4 rings (SSSR count). The summed E-state index contributed by atoms with van der Waals surface area (Å²) < 4.78 is 17.9. The highest BCUT2D eigenvalue weighted by atomic mass is 35.5. The number of carbonyl (C=O) groups is 1. The van der Waals surface area contributed by atoms with E-state index in [1.807, 2.05) is 84.9 Å². The highest BCUT2D eigenvalue weighted by molar-refractivity contribution is 6.30. The molecule has 8 heteroatoms. The summed E-state index contributed by atoms with van der Waals surface area (Å²) in [5, 5.41) is 11.2. The van der Waals surface area contributed by atoms with Crippen molar-refractivity contribution in [2.45, 2.75) is 25.0 Å². The largest absolute Gasteiger partial charge is 0.481 e. The number of aliphatic carboxylic acids is 1. The van der Waals surface area contributed by atoms with E-state index < -0.39 is 17.7 Å². The smallest absolute Gasteiger partial charge is 0.348 e. The summed E-state index contributed by atoms with van der Waals surface area (Å²) in [7, 11) is 1.47. The number of aromatic nitrogens is 2. The summed E-state index contributed by atoms with van der Waals surface area (Å²) in [5.74, 6) is -0.969. The zero-order chi connectivity index (χ0) is 26.3. The van der Waals surface area contributed by atoms with E-state index >= 15 is 0 Å². The Morgan fingerprint density at radius 2 is 1.54 bits per heavy atom. The van der Waals surface area contributed by atoms with Crippen molar-refractivity contribution in [3.8, 4) is 11.9 Å². The lowest BCUT2D eigenvalue weighted by Gasteiger charge is -2.39. The highest BCUT2D eigenvalue weighted by Gasteiger charge is 2.50. The number of ether oxygens (including phenoxy) is 3. The van der Waals surface area contributed by atoms with Gasteiger partial charge in [-0.15, -0.1) is 0 Å². The minimum Gasteiger partial charge on any atom is -0.481 e. The van der Waals surface area contributed by atoms with E-state index in [-0.39, 0.29) is 18.5 Å². The van der Waals surface area contributed by atoms with Crippen molar-refractivity contribution in [3.05, 3.63) is 118 Å². The molecule has 190 valence electrons. The topological polar surface area (TPSA) is 90.8 Å². The number of hydrogen-bond donors (Lipinski definition) is 1. The third-order valence-corrected chi connectivity index (χ3v) is 6.13. The van der Waals surface area contributed by atoms with Crippen LogP contribution in [0.15, 0.2) is 91.0 Å². The van der Waals surface area contributed by atoms with E-state index in [0.29, 0.717) is 28.3 Å². The summed E-state index contributed by atoms with van der Waals surface area (Å²) in [6, 6.07) is 27.3. The lowest BCUT2D eigenvalue weighted by molar-refractivity contribution is -0.164. The third-order valence-electron chi connectivity index (χ3n) is 5.88. The summed E-state index contributed by atoms with van der Waals surface area (Å²) in [4.78, 5) is 21.4. The maximum Gasteiger partial charge on any atom is 0.348 e. The Morgan fingerprint density at radius 1 is 0.946 bits per heavy atom. The van der Waals surface area contributed by atoms with Gasteiger partial charge >= 0.3 is 12.0 Å². The lowest BCUT2D eigenvalue weighted by atomic mass is 9.81. The van der Waals surface area contributed by atoms with E-state index in [9.17, 15) is 9.90 Å². The van der Waals surface area contributed by atoms with Crippen LogP contribution in [0.2, 0.25) is 5.02 Å². The molecule has 0 bridgehead atoms. The zero-order valence-electron chi connectivity index (χ0n) is 20.5. The van der Waals surface area contributed by atoms with Crippen molar-refractivity contribution in [1.29, 1.82) is 0 Å². The summed E-state index contributed by atoms with van der Waals surface area (Å²) in [5.41, 5.74) is 1.27. The van der Waals surface area contributed by atoms with Gasteiger partial charge in [-0.05, 0) is 42.2 Å². The normalized spacial score (nSPS) is 12.1. The molecule has 1 aromatic heterocycles. The standard InChI is InChI=1S/C29H27ClN2O5/c1-20-19-25(35-2)32-28(31-20)37-26(27(33)34)29(22-9-5-3-6-10-22,23-11-7-4-8-12-23)36-18-17-21-13-15-24(30)16-14-21/h3-16,19,26H,17-18H2,1-2H3,(H,33,34). The number of benzene rings is 3. The van der Waals surface area contributed by atoms with Gasteiger partial charge in [-0.1, -0.05) is 84.4 Å². The molecule has 4 aromatic rings. The SMILES string of the molecule is COc1cc(C)nc(OC(C(=O)O)C(OCCc2ccc(Cl)cc2)(c2ccccc2)c2ccccc2)n1. The average molecular weight is 519 g/mol. The Morgan fingerprint density at radius 3 is 2.08 bits per heavy atom. The molecule has 0 aliphatic rings. The van der Waals surface area contributed by atoms with Crippen LogP contribution in [-0.2, 0) is 21.6 Å². The molecule has 1 unspecified atom stereocenters. The van der Waals surface area contributed by atoms with Gasteiger partial charge in [0.25, 0.3) is 0 Å². The van der Waals surface area contributed by atoms with Gasteiger partial charge in [-0.3, -0.25) is 0 Å². The number of aryl methyl sites for hydroxylation is 1. The Labute approximate surface area is 220 Å². The van der Waals surface area contributed by atoms with Crippen LogP contribution in [0.3, 0.4) is 0 Å². The first-order valence-electron chi connectivity index (χ1n) is 11.7. The van der Waals surface area contributed by atoms with Crippen molar-refractivity contribution in [1.82, 2.24) is 9.97 Å². The van der Waals surface area contributed by atoms with Gasteiger partial charge in [0.1, 0.15) is 0 Å². The van der Waals surface area contributed by atoms with E-state index in [1.54, 1.807) is 13.0 Å². The van der Waals surface area contributed by atoms with Crippen LogP contribution in [0.5, 0.6) is 11.9 Å². The molecule has 0 saturated carbocycles. The van der Waals surface area contributed by atoms with Crippen LogP contribution in [0.25, 0.3) is 0 Å². The second kappa shape index (κ2) is 11.9. The second-order valence-electron chi connectivity index (χ2n) is 8.36. The predicted molar refractivity (Wildman–Crippen MR) is 140 cm³/mol. The first-order valence-corrected chi connectivity index (χ1v) is 12.1. The van der Waals surface area contributed by atoms with Gasteiger partial charge in [-0.2, -0.15) is 4.98 Å². The molecule has 0 aliphatic carbocycles. The molecule has 0 radical (unpaired) electrons. The predicted octanol–water partition coefficient (Wildman–Crippen LogP) is 5.48. The van der Waals surface area contributed by atoms with Gasteiger partial charge < -0.3 is 19.3 Å². The van der Waals surface area contributed by atoms with Crippen molar-refractivity contribution in [2.24, 2.45) is 0 Å². The van der Waals surface area contributed by atoms with Crippen LogP contribution in [0.1, 0.15) is 22.4 Å². The highest BCUT2D eigenvalue weighted by Crippen LogP contribution is 2.39. The fourth-order valence-corrected chi connectivity index (χ4v) is 4.27. The molecular formula is C29H27ClN2O5. The maximum atomic E-state index is 12.9. The Bertz CT molecular complexity index is 1280. The fourth-order valence-electron chi connectivity index (χ4n) is 4.15. The molecule has 0 amide bonds. The zero-order valence-corrected chi connectivity index (χ0v) is 21.3. The second-order valence-corrected chi connectivity index (χ2v) is 8.80. The number of hydrogen-bond acceptors (Lipinski definition) is 6. The van der Waals surface area contributed by atoms with E-state index in [1.165, 1.54) is 7.11 Å². The quantitative estimate of drug-likeness (QED) is 0.281. The number of rotatable bonds is 11. The van der Waals surface area contributed by atoms with Gasteiger partial charge in [0, 0.05) is 16.8 Å². The summed E-state index contributed by atoms with van der Waals surface area (Å²) >= 11 is 6.03. The Hall–Kier alpha value is -3.94. The van der Waals surface area contributed by atoms with Gasteiger partial charge in [0.05, 0.1) is 13.7 Å². The number of carboxylic acid groups (broad SMARTS) is 1. The van der Waals surface area contributed by atoms with Crippen molar-refractivity contribution >= 4 is 17.6 Å². The third kappa shape index (κ3) is 6.07. The molecule has 1 atom stereocenters. The number of nitrogens with zero attached hydrogens (tertiary/aromatic N) is 2. The molecule has 1 N–H and O–H groups in total. The number of methoxy groups -OCH3 is 1. The minimum absolute atomic E-state index is 0.123. The molecule has 7 nitrogen and oxygen atoms in total. The van der Waals surface area contributed by atoms with Crippen LogP contribution < -0.4 is 9.47 Å². The van der Waals surface area contributed by atoms with Crippen molar-refractivity contribution in [2.75, 3.05) is 13.7 Å². The number of halogens is 1. The molecule has 0 saturated heterocycles. The van der Waals surface area contributed by atoms with Crippen LogP contribution in [-0.4, -0.2) is 40.9 Å². The molecule has 0 fully saturated rings. The number of carboxylic acids is 1. The molecule has 37 heavy (non-hydrogen) atoms. The maximum absolute atomic E-state index is 12.9. The summed E-state index contributed by atoms with van der Waals surface area (Å²) in [6.45, 7) is 1.95. The first-order chi connectivity index (χ1) is 17.9. The van der Waals surface area contributed by atoms with Crippen LogP contribution >= 0.6 is 11.6 Å². The molecular weight excluding hydrogens is 492 g/mol. The van der Waals surface area contributed by atoms with Crippen LogP contribution in [0.4, 0.5) is 0 Å². The fraction of sp³-hybridized carbons (Fsp3) is 0.207. The molecule has 0 spiro atoms. The average Bonchev–Trinajstić information content (AvgIpc) is 2.92. The van der Waals surface area contributed by atoms with Crippen molar-refractivity contribution in [3.63, 3.8) is 0 Å². The summed E-state index contributed by atoms with van der Waals surface area (Å²) in [6.07, 6.45) is -1.01. The minimum atomic E-state index is -1.53. The van der Waals surface area contributed by atoms with E-state index in [0.717, 1.165) is 5.56 Å². The first kappa shape index (κ1) is 26.1. The molecule has 1 heterocycles. The van der Waals surface area contributed by atoms with Gasteiger partial charge in [-0.25, -0.2) is 9.78 Å². The van der Waals surface area contributed by atoms with E-state index in [4.69, 9.17) is 25.8 Å². The van der Waals surface area contributed by atoms with Crippen LogP contribution in [0, 0.1) is 6.92 Å². The Kier molecular flexibility index (Phi) is 8.38.